The van der Waals surface area contributed by atoms with Crippen LogP contribution in [0.3, 0.4) is 0 Å². The molecule has 3 heterocycles. The summed E-state index contributed by atoms with van der Waals surface area (Å²) in [6, 6.07) is 0. The lowest BCUT2D eigenvalue weighted by molar-refractivity contribution is -0.145. The van der Waals surface area contributed by atoms with Gasteiger partial charge in [-0.3, -0.25) is 33.2 Å². The van der Waals surface area contributed by atoms with E-state index in [4.69, 9.17) is 33.9 Å². The molecule has 0 atom stereocenters. The SMILES string of the molecule is CCOC(=O)CN1C(=O)C(=c2sc(=Cc3sc(=S)n(CC(=O)OCC)c3O)c(=O)n2CC)SC1=S. The van der Waals surface area contributed by atoms with E-state index in [2.05, 4.69) is 0 Å². The molecule has 3 rings (SSSR count). The van der Waals surface area contributed by atoms with Gasteiger partial charge < -0.3 is 14.6 Å². The van der Waals surface area contributed by atoms with Crippen LogP contribution < -0.4 is 14.8 Å². The van der Waals surface area contributed by atoms with Gasteiger partial charge in [0.25, 0.3) is 11.5 Å². The van der Waals surface area contributed by atoms with Gasteiger partial charge in [0.2, 0.25) is 5.88 Å². The quantitative estimate of drug-likeness (QED) is 0.363. The van der Waals surface area contributed by atoms with Crippen molar-refractivity contribution < 1.29 is 29.0 Å². The largest absolute Gasteiger partial charge is 0.493 e. The summed E-state index contributed by atoms with van der Waals surface area (Å²) in [5.74, 6) is -1.87. The number of ether oxygens (including phenoxy) is 2. The first kappa shape index (κ1) is 27.3. The average molecular weight is 576 g/mol. The van der Waals surface area contributed by atoms with Crippen LogP contribution in [0.15, 0.2) is 4.79 Å². The summed E-state index contributed by atoms with van der Waals surface area (Å²) < 4.78 is 13.5. The lowest BCUT2D eigenvalue weighted by atomic mass is 10.4. The summed E-state index contributed by atoms with van der Waals surface area (Å²) in [6.07, 6.45) is 1.47. The van der Waals surface area contributed by atoms with E-state index in [1.165, 1.54) is 15.2 Å². The Morgan fingerprint density at radius 2 is 1.63 bits per heavy atom. The Morgan fingerprint density at radius 1 is 1.00 bits per heavy atom. The van der Waals surface area contributed by atoms with Crippen molar-refractivity contribution in [2.24, 2.45) is 0 Å². The highest BCUT2D eigenvalue weighted by Gasteiger charge is 2.35. The fourth-order valence-corrected chi connectivity index (χ4v) is 6.96. The van der Waals surface area contributed by atoms with Crippen LogP contribution >= 0.6 is 58.9 Å². The van der Waals surface area contributed by atoms with Gasteiger partial charge in [-0.15, -0.1) is 22.7 Å². The Kier molecular flexibility index (Phi) is 9.04. The molecule has 35 heavy (non-hydrogen) atoms. The van der Waals surface area contributed by atoms with Crippen molar-refractivity contribution in [3.63, 3.8) is 0 Å². The number of thiazole rings is 2. The summed E-state index contributed by atoms with van der Waals surface area (Å²) in [5, 5.41) is 10.6. The van der Waals surface area contributed by atoms with Crippen molar-refractivity contribution in [3.8, 4) is 5.88 Å². The van der Waals surface area contributed by atoms with Crippen LogP contribution in [0.2, 0.25) is 0 Å². The lowest BCUT2D eigenvalue weighted by Crippen LogP contribution is -2.36. The smallest absolute Gasteiger partial charge is 0.326 e. The Labute approximate surface area is 222 Å². The van der Waals surface area contributed by atoms with Gasteiger partial charge in [-0.1, -0.05) is 24.0 Å². The molecule has 0 unspecified atom stereocenters. The molecule has 1 fully saturated rings. The van der Waals surface area contributed by atoms with Crippen LogP contribution in [-0.4, -0.2) is 61.1 Å². The normalized spacial score (nSPS) is 15.7. The summed E-state index contributed by atoms with van der Waals surface area (Å²) in [6.45, 7) is 5.19. The summed E-state index contributed by atoms with van der Waals surface area (Å²) in [5.41, 5.74) is -0.362. The first-order valence-electron chi connectivity index (χ1n) is 10.4. The number of aromatic nitrogens is 2. The van der Waals surface area contributed by atoms with Crippen LogP contribution in [0, 0.1) is 3.95 Å². The highest BCUT2D eigenvalue weighted by Crippen LogP contribution is 2.31. The zero-order chi connectivity index (χ0) is 25.9. The number of rotatable bonds is 8. The Balaban J connectivity index is 2.08. The molecule has 2 aromatic rings. The highest BCUT2D eigenvalue weighted by molar-refractivity contribution is 8.30. The molecule has 0 spiro atoms. The maximum absolute atomic E-state index is 13.1. The molecule has 0 bridgehead atoms. The minimum atomic E-state index is -0.581. The van der Waals surface area contributed by atoms with Crippen LogP contribution in [0.1, 0.15) is 25.6 Å². The van der Waals surface area contributed by atoms with Crippen LogP contribution in [0.5, 0.6) is 5.88 Å². The van der Waals surface area contributed by atoms with E-state index >= 15 is 0 Å². The lowest BCUT2D eigenvalue weighted by Gasteiger charge is -2.12. The molecule has 0 aromatic carbocycles. The second-order valence-electron chi connectivity index (χ2n) is 6.81. The van der Waals surface area contributed by atoms with Gasteiger partial charge in [0.05, 0.1) is 22.6 Å². The predicted octanol–water partition coefficient (Wildman–Crippen LogP) is 1.15. The van der Waals surface area contributed by atoms with Crippen molar-refractivity contribution in [3.05, 3.63) is 28.4 Å². The van der Waals surface area contributed by atoms with Crippen molar-refractivity contribution in [1.82, 2.24) is 14.0 Å². The molecule has 10 nitrogen and oxygen atoms in total. The number of thiocarbonyl (C=S) groups is 1. The zero-order valence-corrected chi connectivity index (χ0v) is 23.0. The molecular formula is C20H21N3O7S5. The molecule has 0 saturated carbocycles. The zero-order valence-electron chi connectivity index (χ0n) is 18.9. The number of thioether (sulfide) groups is 1. The summed E-state index contributed by atoms with van der Waals surface area (Å²) in [4.78, 5) is 51.5. The molecule has 2 aromatic heterocycles. The second-order valence-corrected chi connectivity index (χ2v) is 11.2. The van der Waals surface area contributed by atoms with Gasteiger partial charge in [-0.2, -0.15) is 0 Å². The molecule has 1 amide bonds. The van der Waals surface area contributed by atoms with E-state index in [-0.39, 0.29) is 62.0 Å². The third-order valence-corrected chi connectivity index (χ3v) is 8.69. The highest BCUT2D eigenvalue weighted by atomic mass is 32.2. The maximum atomic E-state index is 13.1. The number of hydrogen-bond donors (Lipinski definition) is 1. The van der Waals surface area contributed by atoms with Gasteiger partial charge in [0, 0.05) is 6.54 Å². The van der Waals surface area contributed by atoms with Gasteiger partial charge in [0.1, 0.15) is 27.0 Å². The number of aromatic hydroxyl groups is 1. The van der Waals surface area contributed by atoms with E-state index in [0.29, 0.717) is 9.54 Å². The molecular weight excluding hydrogens is 555 g/mol. The Hall–Kier alpha value is -2.33. The molecule has 0 radical (unpaired) electrons. The number of esters is 2. The van der Waals surface area contributed by atoms with E-state index in [1.54, 1.807) is 20.8 Å². The third kappa shape index (κ3) is 5.74. The fraction of sp³-hybridized carbons (Fsp3) is 0.400. The minimum Gasteiger partial charge on any atom is -0.493 e. The Bertz CT molecular complexity index is 1430. The van der Waals surface area contributed by atoms with E-state index in [1.807, 2.05) is 0 Å². The molecule has 1 aliphatic heterocycles. The summed E-state index contributed by atoms with van der Waals surface area (Å²) in [7, 11) is 0. The number of carbonyl (C=O) groups is 3. The number of carbonyl (C=O) groups excluding carboxylic acids is 3. The van der Waals surface area contributed by atoms with Gasteiger partial charge in [-0.25, -0.2) is 0 Å². The molecule has 1 aliphatic rings. The van der Waals surface area contributed by atoms with Crippen LogP contribution in [0.4, 0.5) is 0 Å². The van der Waals surface area contributed by atoms with Crippen LogP contribution in [-0.2, 0) is 36.9 Å². The topological polar surface area (TPSA) is 120 Å². The van der Waals surface area contributed by atoms with Gasteiger partial charge in [-0.05, 0) is 39.1 Å². The minimum absolute atomic E-state index is 0.179. The van der Waals surface area contributed by atoms with E-state index in [9.17, 15) is 24.3 Å². The molecule has 1 saturated heterocycles. The van der Waals surface area contributed by atoms with Crippen molar-refractivity contribution >= 4 is 92.0 Å². The number of amides is 1. The monoisotopic (exact) mass is 575 g/mol. The second kappa shape index (κ2) is 11.6. The first-order chi connectivity index (χ1) is 16.6. The summed E-state index contributed by atoms with van der Waals surface area (Å²) >= 11 is 13.6. The number of hydrogen-bond acceptors (Lipinski definition) is 12. The number of nitrogens with zero attached hydrogens (tertiary/aromatic N) is 3. The average Bonchev–Trinajstić information content (AvgIpc) is 3.36. The molecule has 15 heteroatoms. The van der Waals surface area contributed by atoms with Crippen LogP contribution in [0.25, 0.3) is 11.0 Å². The van der Waals surface area contributed by atoms with Gasteiger partial charge in [0.15, 0.2) is 3.95 Å². The van der Waals surface area contributed by atoms with E-state index in [0.717, 1.165) is 39.3 Å². The maximum Gasteiger partial charge on any atom is 0.326 e. The third-order valence-electron chi connectivity index (χ3n) is 4.61. The molecule has 188 valence electrons. The van der Waals surface area contributed by atoms with Crippen molar-refractivity contribution in [2.75, 3.05) is 19.8 Å². The predicted molar refractivity (Wildman–Crippen MR) is 140 cm³/mol. The first-order valence-corrected chi connectivity index (χ1v) is 13.6. The fourth-order valence-electron chi connectivity index (χ4n) is 3.08. The van der Waals surface area contributed by atoms with Crippen molar-refractivity contribution in [2.45, 2.75) is 33.9 Å². The van der Waals surface area contributed by atoms with Gasteiger partial charge >= 0.3 is 11.9 Å². The standard InChI is InChI=1S/C20H21N3O7S5/c1-4-21-15(26)10(7-11-16(27)22(19(31)34-11)8-12(24)29-5-2)33-18(21)14-17(28)23(20(32)35-14)9-13(25)30-6-3/h7,27H,4-6,8-9H2,1-3H3. The molecule has 0 aliphatic carbocycles. The Morgan fingerprint density at radius 3 is 2.23 bits per heavy atom. The van der Waals surface area contributed by atoms with E-state index < -0.39 is 17.8 Å². The van der Waals surface area contributed by atoms with Crippen molar-refractivity contribution in [1.29, 1.82) is 0 Å². The molecule has 1 N–H and O–H groups in total.